The fourth-order valence-corrected chi connectivity index (χ4v) is 3.58. The number of ether oxygens (including phenoxy) is 1. The van der Waals surface area contributed by atoms with E-state index in [-0.39, 0.29) is 5.91 Å². The van der Waals surface area contributed by atoms with Gasteiger partial charge in [-0.25, -0.2) is 0 Å². The summed E-state index contributed by atoms with van der Waals surface area (Å²) >= 11 is 1.20. The van der Waals surface area contributed by atoms with Gasteiger partial charge in [0.05, 0.1) is 24.0 Å². The van der Waals surface area contributed by atoms with Gasteiger partial charge in [-0.05, 0) is 29.8 Å². The Morgan fingerprint density at radius 2 is 2.08 bits per heavy atom. The van der Waals surface area contributed by atoms with Crippen LogP contribution in [0.4, 0.5) is 5.69 Å². The van der Waals surface area contributed by atoms with Crippen molar-refractivity contribution in [1.82, 2.24) is 13.6 Å². The number of carbonyl (C=O) groups excluding carboxylic acids is 1. The van der Waals surface area contributed by atoms with E-state index in [0.717, 1.165) is 28.0 Å². The van der Waals surface area contributed by atoms with E-state index in [9.17, 15) is 4.79 Å². The van der Waals surface area contributed by atoms with Gasteiger partial charge < -0.3 is 14.5 Å². The quantitative estimate of drug-likeness (QED) is 0.723. The first-order chi connectivity index (χ1) is 12.1. The Morgan fingerprint density at radius 1 is 1.28 bits per heavy atom. The van der Waals surface area contributed by atoms with Crippen LogP contribution < -0.4 is 9.64 Å². The molecule has 1 aromatic heterocycles. The average molecular weight is 354 g/mol. The third kappa shape index (κ3) is 3.02. The number of nitrogens with zero attached hydrogens (tertiary/aromatic N) is 4. The van der Waals surface area contributed by atoms with Gasteiger partial charge in [0, 0.05) is 20.6 Å². The number of hydrogen-bond donors (Lipinski definition) is 0. The summed E-state index contributed by atoms with van der Waals surface area (Å²) in [4.78, 5) is 16.6. The summed E-state index contributed by atoms with van der Waals surface area (Å²) in [6.07, 6.45) is -0.505. The number of aromatic nitrogens is 2. The number of para-hydroxylation sites is 2. The molecule has 0 aliphatic carbocycles. The van der Waals surface area contributed by atoms with Gasteiger partial charge >= 0.3 is 0 Å². The van der Waals surface area contributed by atoms with Crippen LogP contribution in [0.1, 0.15) is 5.56 Å². The van der Waals surface area contributed by atoms with E-state index in [1.165, 1.54) is 11.7 Å². The fourth-order valence-electron chi connectivity index (χ4n) is 3.06. The van der Waals surface area contributed by atoms with Crippen molar-refractivity contribution in [1.29, 1.82) is 0 Å². The predicted molar refractivity (Wildman–Crippen MR) is 98.0 cm³/mol. The number of carbonyl (C=O) groups is 1. The molecule has 7 heteroatoms. The molecule has 0 unspecified atom stereocenters. The molecule has 6 nitrogen and oxygen atoms in total. The Bertz CT molecular complexity index is 926. The fraction of sp³-hybridized carbons (Fsp3) is 0.278. The molecule has 1 aliphatic rings. The maximum atomic E-state index is 12.8. The normalized spacial score (nSPS) is 16.4. The summed E-state index contributed by atoms with van der Waals surface area (Å²) in [5, 5.41) is 0. The third-order valence-electron chi connectivity index (χ3n) is 4.37. The van der Waals surface area contributed by atoms with E-state index < -0.39 is 6.10 Å². The standard InChI is InChI=1S/C18H18N4O2S/c1-21-11-17(24-16-6-4-3-5-15(16)21)18(23)22(2)10-12-7-8-13-14(9-12)20-25-19-13/h3-9,17H,10-11H2,1-2H3/t17-/m0/s1. The maximum Gasteiger partial charge on any atom is 0.265 e. The van der Waals surface area contributed by atoms with Crippen molar-refractivity contribution < 1.29 is 9.53 Å². The molecular formula is C18H18N4O2S. The minimum absolute atomic E-state index is 0.0298. The van der Waals surface area contributed by atoms with E-state index in [4.69, 9.17) is 4.74 Å². The number of amides is 1. The van der Waals surface area contributed by atoms with Gasteiger partial charge in [-0.1, -0.05) is 18.2 Å². The van der Waals surface area contributed by atoms with E-state index in [0.29, 0.717) is 13.1 Å². The van der Waals surface area contributed by atoms with Crippen LogP contribution >= 0.6 is 11.7 Å². The zero-order chi connectivity index (χ0) is 17.4. The van der Waals surface area contributed by atoms with Gasteiger partial charge in [0.15, 0.2) is 6.10 Å². The van der Waals surface area contributed by atoms with Crippen molar-refractivity contribution in [3.63, 3.8) is 0 Å². The first-order valence-corrected chi connectivity index (χ1v) is 8.78. The second-order valence-electron chi connectivity index (χ2n) is 6.24. The first kappa shape index (κ1) is 15.8. The molecule has 0 bridgehead atoms. The van der Waals surface area contributed by atoms with E-state index in [1.807, 2.05) is 49.5 Å². The lowest BCUT2D eigenvalue weighted by Gasteiger charge is -2.34. The minimum atomic E-state index is -0.505. The average Bonchev–Trinajstić information content (AvgIpc) is 3.08. The maximum absolute atomic E-state index is 12.8. The van der Waals surface area contributed by atoms with E-state index in [1.54, 1.807) is 11.9 Å². The van der Waals surface area contributed by atoms with Gasteiger partial charge in [-0.2, -0.15) is 8.75 Å². The van der Waals surface area contributed by atoms with Crippen LogP contribution in [0.5, 0.6) is 5.75 Å². The number of benzene rings is 2. The molecule has 1 amide bonds. The number of fused-ring (bicyclic) bond motifs is 2. The molecule has 0 saturated carbocycles. The number of likely N-dealkylation sites (N-methyl/N-ethyl adjacent to an activating group) is 2. The molecule has 3 aromatic rings. The van der Waals surface area contributed by atoms with Gasteiger partial charge in [0.1, 0.15) is 16.8 Å². The lowest BCUT2D eigenvalue weighted by atomic mass is 10.1. The lowest BCUT2D eigenvalue weighted by molar-refractivity contribution is -0.137. The van der Waals surface area contributed by atoms with Crippen molar-refractivity contribution in [2.45, 2.75) is 12.6 Å². The van der Waals surface area contributed by atoms with Crippen molar-refractivity contribution in [3.8, 4) is 5.75 Å². The van der Waals surface area contributed by atoms with Crippen LogP contribution in [0.3, 0.4) is 0 Å². The lowest BCUT2D eigenvalue weighted by Crippen LogP contribution is -2.48. The highest BCUT2D eigenvalue weighted by atomic mass is 32.1. The van der Waals surface area contributed by atoms with E-state index >= 15 is 0 Å². The topological polar surface area (TPSA) is 58.6 Å². The smallest absolute Gasteiger partial charge is 0.265 e. The molecule has 128 valence electrons. The van der Waals surface area contributed by atoms with Crippen LogP contribution in [0.2, 0.25) is 0 Å². The van der Waals surface area contributed by atoms with Gasteiger partial charge in [0.2, 0.25) is 0 Å². The SMILES string of the molecule is CN(Cc1ccc2nsnc2c1)C(=O)[C@@H]1CN(C)c2ccccc2O1. The first-order valence-electron chi connectivity index (χ1n) is 8.05. The summed E-state index contributed by atoms with van der Waals surface area (Å²) in [6, 6.07) is 13.7. The molecule has 2 heterocycles. The summed E-state index contributed by atoms with van der Waals surface area (Å²) in [5.41, 5.74) is 3.79. The Labute approximate surface area is 150 Å². The van der Waals surface area contributed by atoms with Crippen LogP contribution in [0, 0.1) is 0 Å². The Kier molecular flexibility index (Phi) is 4.01. The van der Waals surface area contributed by atoms with Crippen LogP contribution in [0.25, 0.3) is 11.0 Å². The second kappa shape index (κ2) is 6.33. The zero-order valence-corrected chi connectivity index (χ0v) is 14.9. The largest absolute Gasteiger partial charge is 0.477 e. The monoisotopic (exact) mass is 354 g/mol. The Hall–Kier alpha value is -2.67. The number of hydrogen-bond acceptors (Lipinski definition) is 6. The van der Waals surface area contributed by atoms with Crippen LogP contribution in [-0.4, -0.2) is 46.3 Å². The van der Waals surface area contributed by atoms with Crippen molar-refractivity contribution >= 4 is 34.4 Å². The van der Waals surface area contributed by atoms with Crippen molar-refractivity contribution in [2.24, 2.45) is 0 Å². The second-order valence-corrected chi connectivity index (χ2v) is 6.76. The Balaban J connectivity index is 1.48. The van der Waals surface area contributed by atoms with E-state index in [2.05, 4.69) is 13.6 Å². The molecule has 1 atom stereocenters. The highest BCUT2D eigenvalue weighted by Gasteiger charge is 2.30. The Morgan fingerprint density at radius 3 is 2.96 bits per heavy atom. The summed E-state index contributed by atoms with van der Waals surface area (Å²) in [5.74, 6) is 0.718. The highest BCUT2D eigenvalue weighted by Crippen LogP contribution is 2.32. The summed E-state index contributed by atoms with van der Waals surface area (Å²) in [6.45, 7) is 1.05. The predicted octanol–water partition coefficient (Wildman–Crippen LogP) is 2.55. The number of anilines is 1. The molecule has 0 fully saturated rings. The molecule has 1 aliphatic heterocycles. The van der Waals surface area contributed by atoms with Crippen LogP contribution in [0.15, 0.2) is 42.5 Å². The van der Waals surface area contributed by atoms with Crippen molar-refractivity contribution in [3.05, 3.63) is 48.0 Å². The van der Waals surface area contributed by atoms with Crippen molar-refractivity contribution in [2.75, 3.05) is 25.5 Å². The molecule has 0 N–H and O–H groups in total. The zero-order valence-electron chi connectivity index (χ0n) is 14.0. The summed E-state index contributed by atoms with van der Waals surface area (Å²) < 4.78 is 14.4. The highest BCUT2D eigenvalue weighted by molar-refractivity contribution is 7.00. The number of rotatable bonds is 3. The molecule has 4 rings (SSSR count). The van der Waals surface area contributed by atoms with Crippen LogP contribution in [-0.2, 0) is 11.3 Å². The molecule has 0 spiro atoms. The van der Waals surface area contributed by atoms with Gasteiger partial charge in [0.25, 0.3) is 5.91 Å². The third-order valence-corrected chi connectivity index (χ3v) is 4.93. The molecule has 0 saturated heterocycles. The molecule has 25 heavy (non-hydrogen) atoms. The minimum Gasteiger partial charge on any atom is -0.477 e. The van der Waals surface area contributed by atoms with Gasteiger partial charge in [-0.3, -0.25) is 4.79 Å². The molecular weight excluding hydrogens is 336 g/mol. The molecule has 2 aromatic carbocycles. The van der Waals surface area contributed by atoms with Gasteiger partial charge in [-0.15, -0.1) is 0 Å². The summed E-state index contributed by atoms with van der Waals surface area (Å²) in [7, 11) is 3.78. The molecule has 0 radical (unpaired) electrons.